The number of pyridine rings is 1. The second-order valence-corrected chi connectivity index (χ2v) is 10.3. The van der Waals surface area contributed by atoms with Crippen LogP contribution in [0.25, 0.3) is 17.1 Å². The number of thioether (sulfide) groups is 2. The first kappa shape index (κ1) is 22.6. The average Bonchev–Trinajstić information content (AvgIpc) is 3.20. The fourth-order valence-electron chi connectivity index (χ4n) is 3.82. The molecule has 1 amide bonds. The van der Waals surface area contributed by atoms with Crippen molar-refractivity contribution in [3.05, 3.63) is 78.9 Å². The molecule has 0 spiro atoms. The van der Waals surface area contributed by atoms with Crippen LogP contribution in [0.15, 0.2) is 83.1 Å². The Morgan fingerprint density at radius 1 is 1.09 bits per heavy atom. The van der Waals surface area contributed by atoms with Gasteiger partial charge in [-0.2, -0.15) is 0 Å². The number of nitrogens with zero attached hydrogens (tertiary/aromatic N) is 5. The van der Waals surface area contributed by atoms with Gasteiger partial charge in [-0.05, 0) is 55.0 Å². The minimum Gasteiger partial charge on any atom is -0.311 e. The lowest BCUT2D eigenvalue weighted by Gasteiger charge is -2.22. The van der Waals surface area contributed by atoms with Crippen molar-refractivity contribution in [3.8, 4) is 17.1 Å². The van der Waals surface area contributed by atoms with Crippen molar-refractivity contribution >= 4 is 35.1 Å². The number of aromatic nitrogens is 4. The SMILES string of the molecule is CC1CCN(C(=O)CSc2nnc(-c3ccncc3)n2-c2ccc(F)cc2)c2ccccc2S1. The van der Waals surface area contributed by atoms with E-state index >= 15 is 0 Å². The number of anilines is 1. The first-order chi connectivity index (χ1) is 16.6. The quantitative estimate of drug-likeness (QED) is 0.345. The van der Waals surface area contributed by atoms with Crippen LogP contribution >= 0.6 is 23.5 Å². The molecular formula is C25H22FN5OS2. The standard InChI is InChI=1S/C25H22FN5OS2/c1-17-12-15-30(21-4-2-3-5-22(21)34-17)23(32)16-33-25-29-28-24(18-10-13-27-14-11-18)31(25)20-8-6-19(26)7-9-20/h2-11,13-14,17H,12,15-16H2,1H3. The molecule has 1 atom stereocenters. The highest BCUT2D eigenvalue weighted by Gasteiger charge is 2.25. The Balaban J connectivity index is 1.43. The van der Waals surface area contributed by atoms with Crippen molar-refractivity contribution in [1.29, 1.82) is 0 Å². The van der Waals surface area contributed by atoms with Gasteiger partial charge in [0.05, 0.1) is 11.4 Å². The Labute approximate surface area is 205 Å². The van der Waals surface area contributed by atoms with Gasteiger partial charge in [-0.25, -0.2) is 4.39 Å². The fourth-order valence-corrected chi connectivity index (χ4v) is 5.77. The van der Waals surface area contributed by atoms with E-state index in [2.05, 4.69) is 28.2 Å². The predicted octanol–water partition coefficient (Wildman–Crippen LogP) is 5.48. The maximum Gasteiger partial charge on any atom is 0.237 e. The summed E-state index contributed by atoms with van der Waals surface area (Å²) >= 11 is 3.13. The predicted molar refractivity (Wildman–Crippen MR) is 134 cm³/mol. The minimum absolute atomic E-state index is 0.0197. The molecule has 0 fully saturated rings. The number of carbonyl (C=O) groups is 1. The number of fused-ring (bicyclic) bond motifs is 1. The number of halogens is 1. The van der Waals surface area contributed by atoms with Gasteiger partial charge in [-0.15, -0.1) is 22.0 Å². The van der Waals surface area contributed by atoms with Gasteiger partial charge in [-0.1, -0.05) is 30.8 Å². The van der Waals surface area contributed by atoms with Gasteiger partial charge in [0.25, 0.3) is 0 Å². The molecule has 5 rings (SSSR count). The molecule has 2 aromatic carbocycles. The van der Waals surface area contributed by atoms with E-state index in [0.29, 0.717) is 22.8 Å². The molecule has 2 aromatic heterocycles. The normalized spacial score (nSPS) is 15.6. The Morgan fingerprint density at radius 2 is 1.85 bits per heavy atom. The number of hydrogen-bond donors (Lipinski definition) is 0. The largest absolute Gasteiger partial charge is 0.311 e. The maximum absolute atomic E-state index is 13.6. The Morgan fingerprint density at radius 3 is 2.65 bits per heavy atom. The van der Waals surface area contributed by atoms with Crippen LogP contribution in [-0.2, 0) is 4.79 Å². The smallest absolute Gasteiger partial charge is 0.237 e. The van der Waals surface area contributed by atoms with Crippen LogP contribution in [0.4, 0.5) is 10.1 Å². The van der Waals surface area contributed by atoms with E-state index in [1.807, 2.05) is 51.6 Å². The molecule has 172 valence electrons. The topological polar surface area (TPSA) is 63.9 Å². The van der Waals surface area contributed by atoms with Crippen molar-refractivity contribution in [3.63, 3.8) is 0 Å². The summed E-state index contributed by atoms with van der Waals surface area (Å²) < 4.78 is 15.4. The van der Waals surface area contributed by atoms with E-state index < -0.39 is 0 Å². The minimum atomic E-state index is -0.321. The van der Waals surface area contributed by atoms with Gasteiger partial charge in [0, 0.05) is 40.3 Å². The first-order valence-corrected chi connectivity index (χ1v) is 12.8. The lowest BCUT2D eigenvalue weighted by Crippen LogP contribution is -2.33. The highest BCUT2D eigenvalue weighted by molar-refractivity contribution is 8.00. The lowest BCUT2D eigenvalue weighted by atomic mass is 10.2. The van der Waals surface area contributed by atoms with E-state index in [1.165, 1.54) is 23.9 Å². The van der Waals surface area contributed by atoms with Crippen LogP contribution in [0, 0.1) is 5.82 Å². The van der Waals surface area contributed by atoms with E-state index in [-0.39, 0.29) is 17.5 Å². The zero-order valence-electron chi connectivity index (χ0n) is 18.5. The van der Waals surface area contributed by atoms with Crippen LogP contribution in [0.3, 0.4) is 0 Å². The van der Waals surface area contributed by atoms with Gasteiger partial charge in [0.1, 0.15) is 5.82 Å². The van der Waals surface area contributed by atoms with Gasteiger partial charge < -0.3 is 4.90 Å². The summed E-state index contributed by atoms with van der Waals surface area (Å²) in [4.78, 5) is 20.4. The number of rotatable bonds is 5. The molecule has 4 aromatic rings. The molecule has 0 radical (unpaired) electrons. The third-order valence-electron chi connectivity index (χ3n) is 5.53. The summed E-state index contributed by atoms with van der Waals surface area (Å²) in [5, 5.41) is 9.76. The molecule has 9 heteroatoms. The lowest BCUT2D eigenvalue weighted by molar-refractivity contribution is -0.116. The Hall–Kier alpha value is -3.17. The van der Waals surface area contributed by atoms with E-state index in [1.54, 1.807) is 24.5 Å². The monoisotopic (exact) mass is 491 g/mol. The second kappa shape index (κ2) is 9.99. The van der Waals surface area contributed by atoms with Crippen molar-refractivity contribution in [2.24, 2.45) is 0 Å². The summed E-state index contributed by atoms with van der Waals surface area (Å²) in [6, 6.07) is 17.9. The van der Waals surface area contributed by atoms with E-state index in [9.17, 15) is 9.18 Å². The summed E-state index contributed by atoms with van der Waals surface area (Å²) in [6.45, 7) is 2.87. The summed E-state index contributed by atoms with van der Waals surface area (Å²) in [7, 11) is 0. The molecular weight excluding hydrogens is 469 g/mol. The summed E-state index contributed by atoms with van der Waals surface area (Å²) in [6.07, 6.45) is 4.30. The van der Waals surface area contributed by atoms with Crippen molar-refractivity contribution in [2.75, 3.05) is 17.2 Å². The third-order valence-corrected chi connectivity index (χ3v) is 7.68. The fraction of sp³-hybridized carbons (Fsp3) is 0.200. The molecule has 6 nitrogen and oxygen atoms in total. The Kier molecular flexibility index (Phi) is 6.64. The van der Waals surface area contributed by atoms with Gasteiger partial charge in [-0.3, -0.25) is 14.3 Å². The first-order valence-electron chi connectivity index (χ1n) is 10.9. The molecule has 0 aliphatic carbocycles. The number of benzene rings is 2. The molecule has 0 saturated heterocycles. The molecule has 1 unspecified atom stereocenters. The highest BCUT2D eigenvalue weighted by Crippen LogP contribution is 2.38. The van der Waals surface area contributed by atoms with Crippen LogP contribution < -0.4 is 4.90 Å². The molecule has 0 saturated carbocycles. The summed E-state index contributed by atoms with van der Waals surface area (Å²) in [5.41, 5.74) is 2.51. The Bertz CT molecular complexity index is 1300. The highest BCUT2D eigenvalue weighted by atomic mass is 32.2. The van der Waals surface area contributed by atoms with E-state index in [0.717, 1.165) is 28.3 Å². The van der Waals surface area contributed by atoms with Gasteiger partial charge in [0.15, 0.2) is 11.0 Å². The molecule has 3 heterocycles. The third kappa shape index (κ3) is 4.71. The number of amides is 1. The molecule has 1 aliphatic heterocycles. The van der Waals surface area contributed by atoms with Crippen LogP contribution in [0.1, 0.15) is 13.3 Å². The zero-order chi connectivity index (χ0) is 23.5. The summed E-state index contributed by atoms with van der Waals surface area (Å²) in [5.74, 6) is 0.516. The number of para-hydroxylation sites is 1. The average molecular weight is 492 g/mol. The van der Waals surface area contributed by atoms with Crippen LogP contribution in [0.2, 0.25) is 0 Å². The van der Waals surface area contributed by atoms with Crippen molar-refractivity contribution < 1.29 is 9.18 Å². The van der Waals surface area contributed by atoms with Gasteiger partial charge in [0.2, 0.25) is 5.91 Å². The zero-order valence-corrected chi connectivity index (χ0v) is 20.1. The van der Waals surface area contributed by atoms with Crippen LogP contribution in [0.5, 0.6) is 0 Å². The van der Waals surface area contributed by atoms with Crippen molar-refractivity contribution in [1.82, 2.24) is 19.7 Å². The number of carbonyl (C=O) groups excluding carboxylic acids is 1. The maximum atomic E-state index is 13.6. The van der Waals surface area contributed by atoms with E-state index in [4.69, 9.17) is 0 Å². The second-order valence-electron chi connectivity index (χ2n) is 7.87. The van der Waals surface area contributed by atoms with Crippen LogP contribution in [-0.4, -0.2) is 43.2 Å². The molecule has 0 N–H and O–H groups in total. The van der Waals surface area contributed by atoms with Gasteiger partial charge >= 0.3 is 0 Å². The molecule has 34 heavy (non-hydrogen) atoms. The number of hydrogen-bond acceptors (Lipinski definition) is 6. The van der Waals surface area contributed by atoms with Crippen molar-refractivity contribution in [2.45, 2.75) is 28.6 Å². The molecule has 1 aliphatic rings. The molecule has 0 bridgehead atoms.